The van der Waals surface area contributed by atoms with Crippen molar-refractivity contribution in [3.63, 3.8) is 0 Å². The summed E-state index contributed by atoms with van der Waals surface area (Å²) in [5.41, 5.74) is 7.50. The Balaban J connectivity index is 2.10. The van der Waals surface area contributed by atoms with Gasteiger partial charge in [0.2, 0.25) is 5.91 Å². The largest absolute Gasteiger partial charge is 0.398 e. The molecule has 92 valence electrons. The van der Waals surface area contributed by atoms with Crippen molar-refractivity contribution in [1.29, 1.82) is 0 Å². The molecule has 3 heteroatoms. The highest BCUT2D eigenvalue weighted by molar-refractivity contribution is 5.81. The second-order valence-corrected chi connectivity index (χ2v) is 5.34. The van der Waals surface area contributed by atoms with Crippen LogP contribution in [-0.2, 0) is 11.2 Å². The Morgan fingerprint density at radius 3 is 2.71 bits per heavy atom. The molecule has 17 heavy (non-hydrogen) atoms. The second kappa shape index (κ2) is 4.40. The van der Waals surface area contributed by atoms with Crippen molar-refractivity contribution in [2.24, 2.45) is 0 Å². The zero-order valence-corrected chi connectivity index (χ0v) is 10.6. The van der Waals surface area contributed by atoms with Crippen molar-refractivity contribution in [3.05, 3.63) is 29.8 Å². The van der Waals surface area contributed by atoms with Crippen LogP contribution in [0.5, 0.6) is 0 Å². The lowest BCUT2D eigenvalue weighted by molar-refractivity contribution is -0.133. The molecule has 0 saturated carbocycles. The summed E-state index contributed by atoms with van der Waals surface area (Å²) in [5.74, 6) is 0.186. The molecule has 1 heterocycles. The maximum Gasteiger partial charge on any atom is 0.227 e. The van der Waals surface area contributed by atoms with Gasteiger partial charge in [0.1, 0.15) is 0 Å². The molecule has 0 atom stereocenters. The first-order chi connectivity index (χ1) is 8.00. The third kappa shape index (κ3) is 2.43. The van der Waals surface area contributed by atoms with Crippen molar-refractivity contribution >= 4 is 11.6 Å². The number of anilines is 1. The minimum Gasteiger partial charge on any atom is -0.398 e. The molecule has 1 saturated heterocycles. The third-order valence-electron chi connectivity index (χ3n) is 3.60. The van der Waals surface area contributed by atoms with Crippen LogP contribution in [0.4, 0.5) is 5.69 Å². The van der Waals surface area contributed by atoms with Crippen molar-refractivity contribution in [1.82, 2.24) is 4.90 Å². The van der Waals surface area contributed by atoms with E-state index in [4.69, 9.17) is 5.73 Å². The molecule has 1 aromatic rings. The van der Waals surface area contributed by atoms with Gasteiger partial charge in [-0.3, -0.25) is 4.79 Å². The lowest BCUT2D eigenvalue weighted by Gasteiger charge is -2.31. The molecule has 0 bridgehead atoms. The first-order valence-corrected chi connectivity index (χ1v) is 6.14. The number of amides is 1. The Morgan fingerprint density at radius 2 is 2.12 bits per heavy atom. The molecule has 1 fully saturated rings. The standard InChI is InChI=1S/C14H20N2O/c1-14(2)8-5-9-16(14)13(17)10-11-6-3-4-7-12(11)15/h3-4,6-7H,5,8-10,15H2,1-2H3. The van der Waals surface area contributed by atoms with Gasteiger partial charge in [-0.05, 0) is 38.3 Å². The minimum absolute atomic E-state index is 0.000621. The number of hydrogen-bond donors (Lipinski definition) is 1. The van der Waals surface area contributed by atoms with Crippen LogP contribution in [0.3, 0.4) is 0 Å². The first-order valence-electron chi connectivity index (χ1n) is 6.14. The number of carbonyl (C=O) groups excluding carboxylic acids is 1. The summed E-state index contributed by atoms with van der Waals surface area (Å²) < 4.78 is 0. The van der Waals surface area contributed by atoms with Crippen LogP contribution in [0, 0.1) is 0 Å². The lowest BCUT2D eigenvalue weighted by atomic mass is 10.0. The Bertz CT molecular complexity index is 426. The number of likely N-dealkylation sites (tertiary alicyclic amines) is 1. The normalized spacial score (nSPS) is 18.4. The second-order valence-electron chi connectivity index (χ2n) is 5.34. The van der Waals surface area contributed by atoms with Gasteiger partial charge in [-0.2, -0.15) is 0 Å². The Kier molecular flexibility index (Phi) is 3.09. The maximum atomic E-state index is 12.3. The van der Waals surface area contributed by atoms with Gasteiger partial charge < -0.3 is 10.6 Å². The number of benzene rings is 1. The van der Waals surface area contributed by atoms with Gasteiger partial charge in [-0.1, -0.05) is 18.2 Å². The predicted molar refractivity (Wildman–Crippen MR) is 69.6 cm³/mol. The summed E-state index contributed by atoms with van der Waals surface area (Å²) in [6.07, 6.45) is 2.60. The molecule has 2 rings (SSSR count). The Hall–Kier alpha value is -1.51. The molecular formula is C14H20N2O. The summed E-state index contributed by atoms with van der Waals surface area (Å²) in [6, 6.07) is 7.59. The highest BCUT2D eigenvalue weighted by atomic mass is 16.2. The van der Waals surface area contributed by atoms with Crippen molar-refractivity contribution in [2.45, 2.75) is 38.6 Å². The van der Waals surface area contributed by atoms with E-state index in [1.54, 1.807) is 0 Å². The summed E-state index contributed by atoms with van der Waals surface area (Å²) in [5, 5.41) is 0. The van der Waals surface area contributed by atoms with Gasteiger partial charge in [0.05, 0.1) is 6.42 Å². The zero-order valence-electron chi connectivity index (χ0n) is 10.6. The summed E-state index contributed by atoms with van der Waals surface area (Å²) in [7, 11) is 0. The fourth-order valence-corrected chi connectivity index (χ4v) is 2.52. The SMILES string of the molecule is CC1(C)CCCN1C(=O)Cc1ccccc1N. The van der Waals surface area contributed by atoms with Gasteiger partial charge in [-0.25, -0.2) is 0 Å². The van der Waals surface area contributed by atoms with Crippen LogP contribution in [0.15, 0.2) is 24.3 Å². The quantitative estimate of drug-likeness (QED) is 0.795. The topological polar surface area (TPSA) is 46.3 Å². The summed E-state index contributed by atoms with van der Waals surface area (Å²) in [4.78, 5) is 14.2. The van der Waals surface area contributed by atoms with E-state index in [0.29, 0.717) is 12.1 Å². The monoisotopic (exact) mass is 232 g/mol. The highest BCUT2D eigenvalue weighted by Crippen LogP contribution is 2.29. The van der Waals surface area contributed by atoms with Gasteiger partial charge >= 0.3 is 0 Å². The fourth-order valence-electron chi connectivity index (χ4n) is 2.52. The number of nitrogen functional groups attached to an aromatic ring is 1. The van der Waals surface area contributed by atoms with E-state index in [1.807, 2.05) is 29.2 Å². The molecule has 0 aliphatic carbocycles. The van der Waals surface area contributed by atoms with Crippen molar-refractivity contribution < 1.29 is 4.79 Å². The van der Waals surface area contributed by atoms with E-state index < -0.39 is 0 Å². The maximum absolute atomic E-state index is 12.3. The smallest absolute Gasteiger partial charge is 0.227 e. The van der Waals surface area contributed by atoms with Crippen molar-refractivity contribution in [2.75, 3.05) is 12.3 Å². The Labute approximate surface area is 103 Å². The molecule has 3 nitrogen and oxygen atoms in total. The number of carbonyl (C=O) groups is 1. The van der Waals surface area contributed by atoms with E-state index >= 15 is 0 Å². The molecule has 0 radical (unpaired) electrons. The van der Waals surface area contributed by atoms with Crippen LogP contribution in [0.1, 0.15) is 32.3 Å². The fraction of sp³-hybridized carbons (Fsp3) is 0.500. The number of rotatable bonds is 2. The van der Waals surface area contributed by atoms with E-state index in [-0.39, 0.29) is 11.4 Å². The number of hydrogen-bond acceptors (Lipinski definition) is 2. The zero-order chi connectivity index (χ0) is 12.5. The van der Waals surface area contributed by atoms with Crippen LogP contribution in [0.25, 0.3) is 0 Å². The predicted octanol–water partition coefficient (Wildman–Crippen LogP) is 2.21. The molecule has 0 spiro atoms. The van der Waals surface area contributed by atoms with E-state index in [0.717, 1.165) is 24.9 Å². The van der Waals surface area contributed by atoms with Crippen LogP contribution in [0.2, 0.25) is 0 Å². The van der Waals surface area contributed by atoms with Gasteiger partial charge in [0.15, 0.2) is 0 Å². The van der Waals surface area contributed by atoms with Crippen LogP contribution < -0.4 is 5.73 Å². The molecule has 0 aromatic heterocycles. The van der Waals surface area contributed by atoms with Gasteiger partial charge in [0, 0.05) is 17.8 Å². The van der Waals surface area contributed by atoms with Crippen molar-refractivity contribution in [3.8, 4) is 0 Å². The molecule has 2 N–H and O–H groups in total. The number of nitrogens with zero attached hydrogens (tertiary/aromatic N) is 1. The molecular weight excluding hydrogens is 212 g/mol. The molecule has 0 unspecified atom stereocenters. The molecule has 1 aliphatic rings. The molecule has 1 aliphatic heterocycles. The number of nitrogens with two attached hydrogens (primary N) is 1. The van der Waals surface area contributed by atoms with Gasteiger partial charge in [0.25, 0.3) is 0 Å². The Morgan fingerprint density at radius 1 is 1.41 bits per heavy atom. The summed E-state index contributed by atoms with van der Waals surface area (Å²) >= 11 is 0. The summed E-state index contributed by atoms with van der Waals surface area (Å²) in [6.45, 7) is 5.14. The average Bonchev–Trinajstić information content (AvgIpc) is 2.61. The van der Waals surface area contributed by atoms with E-state index in [9.17, 15) is 4.79 Å². The minimum atomic E-state index is 0.000621. The van der Waals surface area contributed by atoms with Crippen LogP contribution >= 0.6 is 0 Å². The number of para-hydroxylation sites is 1. The molecule has 1 aromatic carbocycles. The van der Waals surface area contributed by atoms with E-state index in [1.165, 1.54) is 0 Å². The highest BCUT2D eigenvalue weighted by Gasteiger charge is 2.35. The van der Waals surface area contributed by atoms with Crippen LogP contribution in [-0.4, -0.2) is 22.9 Å². The average molecular weight is 232 g/mol. The van der Waals surface area contributed by atoms with E-state index in [2.05, 4.69) is 13.8 Å². The molecule has 1 amide bonds. The van der Waals surface area contributed by atoms with Gasteiger partial charge in [-0.15, -0.1) is 0 Å². The lowest BCUT2D eigenvalue weighted by Crippen LogP contribution is -2.43. The first kappa shape index (κ1) is 12.0. The third-order valence-corrected chi connectivity index (χ3v) is 3.60.